The van der Waals surface area contributed by atoms with Crippen LogP contribution in [0.5, 0.6) is 11.5 Å². The molecule has 8 heteroatoms. The normalized spacial score (nSPS) is 22.9. The second kappa shape index (κ2) is 9.58. The molecule has 2 aliphatic heterocycles. The molecule has 3 heterocycles. The number of anilines is 1. The highest BCUT2D eigenvalue weighted by Gasteiger charge is 2.49. The van der Waals surface area contributed by atoms with Crippen LogP contribution in [0, 0.1) is 5.92 Å². The number of amides is 1. The summed E-state index contributed by atoms with van der Waals surface area (Å²) in [5.41, 5.74) is 2.90. The van der Waals surface area contributed by atoms with Crippen LogP contribution in [0.1, 0.15) is 35.3 Å². The summed E-state index contributed by atoms with van der Waals surface area (Å²) in [6, 6.07) is 13.8. The van der Waals surface area contributed by atoms with Crippen LogP contribution >= 0.6 is 0 Å². The van der Waals surface area contributed by atoms with Gasteiger partial charge < -0.3 is 18.9 Å². The largest absolute Gasteiger partial charge is 0.497 e. The molecule has 3 aliphatic rings. The zero-order valence-corrected chi connectivity index (χ0v) is 21.9. The lowest BCUT2D eigenvalue weighted by atomic mass is 9.80. The summed E-state index contributed by atoms with van der Waals surface area (Å²) >= 11 is 0. The molecule has 1 aromatic heterocycles. The molecule has 1 aliphatic carbocycles. The van der Waals surface area contributed by atoms with Crippen molar-refractivity contribution in [2.75, 3.05) is 38.8 Å². The monoisotopic (exact) mass is 517 g/mol. The average molecular weight is 518 g/mol. The molecular formula is C30H32FN3O4. The van der Waals surface area contributed by atoms with E-state index >= 15 is 4.39 Å². The third kappa shape index (κ3) is 3.98. The first-order valence-corrected chi connectivity index (χ1v) is 13.2. The fraction of sp³-hybridized carbons (Fsp3) is 0.400. The number of fused-ring (bicyclic) bond motifs is 1. The van der Waals surface area contributed by atoms with Gasteiger partial charge in [0.25, 0.3) is 11.5 Å². The van der Waals surface area contributed by atoms with Gasteiger partial charge in [0.05, 0.1) is 20.3 Å². The zero-order chi connectivity index (χ0) is 26.6. The Labute approximate surface area is 221 Å². The number of hydrogen-bond donors (Lipinski definition) is 0. The topological polar surface area (TPSA) is 64.0 Å². The van der Waals surface area contributed by atoms with Crippen molar-refractivity contribution >= 4 is 11.6 Å². The lowest BCUT2D eigenvalue weighted by Crippen LogP contribution is -2.62. The molecule has 3 atom stereocenters. The minimum absolute atomic E-state index is 0.168. The molecule has 3 aromatic rings. The fourth-order valence-electron chi connectivity index (χ4n) is 6.12. The summed E-state index contributed by atoms with van der Waals surface area (Å²) in [6.07, 6.45) is 1.72. The summed E-state index contributed by atoms with van der Waals surface area (Å²) in [6.45, 7) is 4.34. The first-order valence-electron chi connectivity index (χ1n) is 13.2. The smallest absolute Gasteiger partial charge is 0.275 e. The Morgan fingerprint density at radius 1 is 1.00 bits per heavy atom. The number of benzene rings is 2. The summed E-state index contributed by atoms with van der Waals surface area (Å²) in [7, 11) is 3.17. The lowest BCUT2D eigenvalue weighted by molar-refractivity contribution is -0.0621. The van der Waals surface area contributed by atoms with E-state index in [0.29, 0.717) is 48.1 Å². The number of pyridine rings is 1. The van der Waals surface area contributed by atoms with Crippen molar-refractivity contribution in [1.82, 2.24) is 9.47 Å². The predicted octanol–water partition coefficient (Wildman–Crippen LogP) is 4.34. The Morgan fingerprint density at radius 2 is 1.68 bits per heavy atom. The van der Waals surface area contributed by atoms with E-state index in [1.165, 1.54) is 4.57 Å². The maximum absolute atomic E-state index is 15.6. The first-order chi connectivity index (χ1) is 18.4. The zero-order valence-electron chi connectivity index (χ0n) is 21.9. The van der Waals surface area contributed by atoms with Crippen LogP contribution in [0.25, 0.3) is 11.1 Å². The second-order valence-electron chi connectivity index (χ2n) is 10.6. The van der Waals surface area contributed by atoms with Crippen molar-refractivity contribution in [2.24, 2.45) is 5.92 Å². The van der Waals surface area contributed by atoms with E-state index in [2.05, 4.69) is 11.8 Å². The van der Waals surface area contributed by atoms with E-state index in [0.717, 1.165) is 29.8 Å². The maximum atomic E-state index is 15.6. The maximum Gasteiger partial charge on any atom is 0.275 e. The molecule has 2 unspecified atom stereocenters. The van der Waals surface area contributed by atoms with Crippen LogP contribution in [-0.4, -0.2) is 61.4 Å². The number of carbonyl (C=O) groups excluding carboxylic acids is 1. The summed E-state index contributed by atoms with van der Waals surface area (Å²) in [5.74, 6) is 1.57. The Balaban J connectivity index is 1.47. The van der Waals surface area contributed by atoms with Gasteiger partial charge in [0.2, 0.25) is 0 Å². The summed E-state index contributed by atoms with van der Waals surface area (Å²) < 4.78 is 28.2. The number of rotatable bonds is 6. The molecule has 2 fully saturated rings. The SMILES string of the molecule is COc1cc(OC)cc(-c2cn(C3CC(N4CC(C)C4)[C@@H]3F)c(=O)c3c2CCN3C(=O)c2ccccc2)c1. The summed E-state index contributed by atoms with van der Waals surface area (Å²) in [5, 5.41) is 0. The Kier molecular flexibility index (Phi) is 6.22. The number of aromatic nitrogens is 1. The summed E-state index contributed by atoms with van der Waals surface area (Å²) in [4.78, 5) is 31.2. The van der Waals surface area contributed by atoms with Crippen molar-refractivity contribution < 1.29 is 18.7 Å². The molecule has 0 radical (unpaired) electrons. The molecule has 0 bridgehead atoms. The van der Waals surface area contributed by atoms with E-state index in [1.54, 1.807) is 55.6 Å². The molecule has 198 valence electrons. The fourth-order valence-corrected chi connectivity index (χ4v) is 6.12. The van der Waals surface area contributed by atoms with E-state index < -0.39 is 12.2 Å². The lowest BCUT2D eigenvalue weighted by Gasteiger charge is -2.52. The van der Waals surface area contributed by atoms with Gasteiger partial charge in [-0.3, -0.25) is 14.5 Å². The first kappa shape index (κ1) is 24.7. The number of alkyl halides is 1. The number of ether oxygens (including phenoxy) is 2. The molecule has 6 rings (SSSR count). The third-order valence-electron chi connectivity index (χ3n) is 8.24. The number of carbonyl (C=O) groups is 1. The van der Waals surface area contributed by atoms with Gasteiger partial charge in [0.1, 0.15) is 23.4 Å². The van der Waals surface area contributed by atoms with Crippen molar-refractivity contribution in [3.63, 3.8) is 0 Å². The number of methoxy groups -OCH3 is 2. The van der Waals surface area contributed by atoms with Gasteiger partial charge in [-0.25, -0.2) is 4.39 Å². The van der Waals surface area contributed by atoms with E-state index in [1.807, 2.05) is 18.2 Å². The molecule has 1 amide bonds. The standard InChI is InChI=1S/C30H32FN3O4/c1-18-15-32(16-18)25-14-26(27(25)31)34-17-24(20-11-21(37-2)13-22(12-20)38-3)23-9-10-33(28(23)30(34)36)29(35)19-7-5-4-6-8-19/h4-8,11-13,17-18,25-27H,9-10,14-16H2,1-3H3/t25?,26?,27-/m0/s1. The van der Waals surface area contributed by atoms with Crippen LogP contribution in [0.2, 0.25) is 0 Å². The molecule has 0 N–H and O–H groups in total. The molecule has 0 spiro atoms. The van der Waals surface area contributed by atoms with Crippen LogP contribution < -0.4 is 19.9 Å². The molecule has 1 saturated heterocycles. The van der Waals surface area contributed by atoms with E-state index in [4.69, 9.17) is 9.47 Å². The second-order valence-corrected chi connectivity index (χ2v) is 10.6. The van der Waals surface area contributed by atoms with Gasteiger partial charge in [0, 0.05) is 49.1 Å². The van der Waals surface area contributed by atoms with Crippen LogP contribution in [0.4, 0.5) is 10.1 Å². The highest BCUT2D eigenvalue weighted by Crippen LogP contribution is 2.43. The van der Waals surface area contributed by atoms with Gasteiger partial charge >= 0.3 is 0 Å². The molecule has 2 aromatic carbocycles. The Hall–Kier alpha value is -3.65. The van der Waals surface area contributed by atoms with Crippen molar-refractivity contribution in [2.45, 2.75) is 38.0 Å². The van der Waals surface area contributed by atoms with Crippen molar-refractivity contribution in [3.05, 3.63) is 76.2 Å². The molecule has 1 saturated carbocycles. The Bertz CT molecular complexity index is 1410. The molecule has 38 heavy (non-hydrogen) atoms. The minimum atomic E-state index is -1.15. The quantitative estimate of drug-likeness (QED) is 0.487. The van der Waals surface area contributed by atoms with E-state index in [-0.39, 0.29) is 17.5 Å². The van der Waals surface area contributed by atoms with Crippen LogP contribution in [0.3, 0.4) is 0 Å². The van der Waals surface area contributed by atoms with Crippen molar-refractivity contribution in [3.8, 4) is 22.6 Å². The van der Waals surface area contributed by atoms with Crippen LogP contribution in [-0.2, 0) is 6.42 Å². The number of halogens is 1. The van der Waals surface area contributed by atoms with Gasteiger partial charge in [0.15, 0.2) is 0 Å². The number of hydrogen-bond acceptors (Lipinski definition) is 5. The van der Waals surface area contributed by atoms with E-state index in [9.17, 15) is 9.59 Å². The Morgan fingerprint density at radius 3 is 2.29 bits per heavy atom. The van der Waals surface area contributed by atoms with Crippen molar-refractivity contribution in [1.29, 1.82) is 0 Å². The van der Waals surface area contributed by atoms with Gasteiger partial charge in [-0.15, -0.1) is 0 Å². The average Bonchev–Trinajstić information content (AvgIpc) is 3.37. The number of likely N-dealkylation sites (tertiary alicyclic amines) is 1. The molecular weight excluding hydrogens is 485 g/mol. The minimum Gasteiger partial charge on any atom is -0.497 e. The highest BCUT2D eigenvalue weighted by atomic mass is 19.1. The third-order valence-corrected chi connectivity index (χ3v) is 8.24. The molecule has 7 nitrogen and oxygen atoms in total. The predicted molar refractivity (Wildman–Crippen MR) is 144 cm³/mol. The van der Waals surface area contributed by atoms with Gasteiger partial charge in [-0.2, -0.15) is 0 Å². The highest BCUT2D eigenvalue weighted by molar-refractivity contribution is 6.07. The van der Waals surface area contributed by atoms with Crippen LogP contribution in [0.15, 0.2) is 59.5 Å². The number of nitrogens with zero attached hydrogens (tertiary/aromatic N) is 3. The van der Waals surface area contributed by atoms with Gasteiger partial charge in [-0.05, 0) is 54.2 Å². The van der Waals surface area contributed by atoms with Gasteiger partial charge in [-0.1, -0.05) is 25.1 Å².